The topological polar surface area (TPSA) is 110 Å². The van der Waals surface area contributed by atoms with Gasteiger partial charge in [-0.05, 0) is 44.6 Å². The third kappa shape index (κ3) is 5.08. The lowest BCUT2D eigenvalue weighted by Crippen LogP contribution is -2.38. The van der Waals surface area contributed by atoms with Gasteiger partial charge in [0.25, 0.3) is 11.5 Å². The number of halogens is 1. The molecule has 1 fully saturated rings. The first kappa shape index (κ1) is 22.4. The number of likely N-dealkylation sites (N-methyl/N-ethyl adjacent to an activating group) is 1. The number of H-pyrrole nitrogens is 1. The van der Waals surface area contributed by atoms with E-state index >= 15 is 0 Å². The van der Waals surface area contributed by atoms with Crippen molar-refractivity contribution in [3.63, 3.8) is 0 Å². The van der Waals surface area contributed by atoms with Crippen LogP contribution in [0, 0.1) is 5.82 Å². The summed E-state index contributed by atoms with van der Waals surface area (Å²) in [7, 11) is 5.07. The fraction of sp³-hybridized carbons (Fsp3) is 0.429. The molecule has 1 atom stereocenters. The number of aromatic nitrogens is 2. The fourth-order valence-corrected chi connectivity index (χ4v) is 3.62. The van der Waals surface area contributed by atoms with Crippen LogP contribution >= 0.6 is 0 Å². The summed E-state index contributed by atoms with van der Waals surface area (Å²) >= 11 is 0. The van der Waals surface area contributed by atoms with Crippen molar-refractivity contribution in [1.82, 2.24) is 24.7 Å². The highest BCUT2D eigenvalue weighted by molar-refractivity contribution is 5.94. The van der Waals surface area contributed by atoms with E-state index < -0.39 is 23.3 Å². The highest BCUT2D eigenvalue weighted by atomic mass is 19.1. The van der Waals surface area contributed by atoms with Gasteiger partial charge in [-0.1, -0.05) is 12.1 Å². The summed E-state index contributed by atoms with van der Waals surface area (Å²) < 4.78 is 13.1. The van der Waals surface area contributed by atoms with Gasteiger partial charge in [0.1, 0.15) is 11.6 Å². The second-order valence-electron chi connectivity index (χ2n) is 7.92. The highest BCUT2D eigenvalue weighted by Crippen LogP contribution is 2.30. The first-order chi connectivity index (χ1) is 14.7. The zero-order chi connectivity index (χ0) is 22.7. The van der Waals surface area contributed by atoms with Gasteiger partial charge in [0, 0.05) is 20.1 Å². The van der Waals surface area contributed by atoms with Crippen LogP contribution in [0.5, 0.6) is 5.75 Å². The molecule has 0 radical (unpaired) electrons. The number of nitrogens with zero attached hydrogens (tertiary/aromatic N) is 4. The maximum Gasteiger partial charge on any atom is 0.294 e. The number of aromatic amines is 1. The maximum absolute atomic E-state index is 13.1. The lowest BCUT2D eigenvalue weighted by atomic mass is 10.2. The number of hydrogen-bond acceptors (Lipinski definition) is 6. The van der Waals surface area contributed by atoms with Crippen LogP contribution in [-0.2, 0) is 11.3 Å². The lowest BCUT2D eigenvalue weighted by Gasteiger charge is -2.26. The predicted octanol–water partition coefficient (Wildman–Crippen LogP) is 1.11. The molecule has 0 bridgehead atoms. The van der Waals surface area contributed by atoms with Crippen molar-refractivity contribution in [3.05, 3.63) is 57.5 Å². The van der Waals surface area contributed by atoms with Crippen LogP contribution < -0.4 is 5.56 Å². The van der Waals surface area contributed by atoms with E-state index in [4.69, 9.17) is 0 Å². The molecule has 1 aromatic carbocycles. The quantitative estimate of drug-likeness (QED) is 0.709. The number of amides is 2. The second-order valence-corrected chi connectivity index (χ2v) is 7.92. The Morgan fingerprint density at radius 3 is 2.58 bits per heavy atom. The number of carbonyl (C=O) groups is 2. The fourth-order valence-electron chi connectivity index (χ4n) is 3.62. The SMILES string of the molecule is CN(C)CC(=O)N1CCCC1c1nc(C(=O)N(C)Cc2ccc(F)cc2)c(O)c(=O)[nH]1. The van der Waals surface area contributed by atoms with E-state index in [1.54, 1.807) is 36.0 Å². The lowest BCUT2D eigenvalue weighted by molar-refractivity contribution is -0.132. The molecule has 2 heterocycles. The van der Waals surface area contributed by atoms with Gasteiger partial charge in [-0.3, -0.25) is 14.4 Å². The minimum absolute atomic E-state index is 0.107. The Labute approximate surface area is 179 Å². The summed E-state index contributed by atoms with van der Waals surface area (Å²) in [5.74, 6) is -1.75. The summed E-state index contributed by atoms with van der Waals surface area (Å²) in [5, 5.41) is 10.2. The molecule has 0 spiro atoms. The number of aromatic hydroxyl groups is 1. The number of hydrogen-bond donors (Lipinski definition) is 2. The Morgan fingerprint density at radius 1 is 1.26 bits per heavy atom. The first-order valence-corrected chi connectivity index (χ1v) is 9.94. The zero-order valence-electron chi connectivity index (χ0n) is 17.8. The molecule has 166 valence electrons. The van der Waals surface area contributed by atoms with Gasteiger partial charge in [-0.2, -0.15) is 0 Å². The van der Waals surface area contributed by atoms with Crippen molar-refractivity contribution < 1.29 is 19.1 Å². The molecule has 2 amide bonds. The number of nitrogens with one attached hydrogen (secondary N) is 1. The summed E-state index contributed by atoms with van der Waals surface area (Å²) in [6.45, 7) is 0.875. The standard InChI is InChI=1S/C21H26FN5O4/c1-25(2)12-16(28)27-10-4-5-15(27)19-23-17(18(29)20(30)24-19)21(31)26(3)11-13-6-8-14(22)9-7-13/h6-9,15,29H,4-5,10-12H2,1-3H3,(H,23,24,30). The molecule has 3 rings (SSSR count). The number of rotatable bonds is 6. The predicted molar refractivity (Wildman–Crippen MR) is 111 cm³/mol. The Balaban J connectivity index is 1.86. The van der Waals surface area contributed by atoms with Crippen molar-refractivity contribution in [2.75, 3.05) is 34.2 Å². The van der Waals surface area contributed by atoms with E-state index in [1.165, 1.54) is 24.1 Å². The van der Waals surface area contributed by atoms with Crippen LogP contribution in [0.15, 0.2) is 29.1 Å². The molecule has 2 aromatic rings. The Morgan fingerprint density at radius 2 is 1.94 bits per heavy atom. The molecule has 1 aliphatic heterocycles. The van der Waals surface area contributed by atoms with Gasteiger partial charge < -0.3 is 24.8 Å². The average molecular weight is 431 g/mol. The first-order valence-electron chi connectivity index (χ1n) is 9.94. The monoisotopic (exact) mass is 431 g/mol. The molecule has 1 unspecified atom stereocenters. The Bertz CT molecular complexity index is 1020. The molecule has 1 aliphatic rings. The minimum Gasteiger partial charge on any atom is -0.501 e. The van der Waals surface area contributed by atoms with E-state index in [0.717, 1.165) is 6.42 Å². The van der Waals surface area contributed by atoms with E-state index in [2.05, 4.69) is 9.97 Å². The minimum atomic E-state index is -0.838. The van der Waals surface area contributed by atoms with Crippen LogP contribution in [0.2, 0.25) is 0 Å². The largest absolute Gasteiger partial charge is 0.501 e. The molecule has 31 heavy (non-hydrogen) atoms. The van der Waals surface area contributed by atoms with Crippen LogP contribution in [0.3, 0.4) is 0 Å². The van der Waals surface area contributed by atoms with Crippen LogP contribution in [0.25, 0.3) is 0 Å². The van der Waals surface area contributed by atoms with Gasteiger partial charge in [0.05, 0.1) is 12.6 Å². The molecule has 2 N–H and O–H groups in total. The van der Waals surface area contributed by atoms with Gasteiger partial charge >= 0.3 is 0 Å². The normalized spacial score (nSPS) is 16.0. The molecular weight excluding hydrogens is 405 g/mol. The van der Waals surface area contributed by atoms with Crippen molar-refractivity contribution in [3.8, 4) is 5.75 Å². The molecule has 10 heteroatoms. The van der Waals surface area contributed by atoms with Gasteiger partial charge in [-0.15, -0.1) is 0 Å². The van der Waals surface area contributed by atoms with E-state index in [-0.39, 0.29) is 36.3 Å². The summed E-state index contributed by atoms with van der Waals surface area (Å²) in [6, 6.07) is 5.18. The molecule has 0 saturated carbocycles. The third-order valence-electron chi connectivity index (χ3n) is 5.14. The molecular formula is C21H26FN5O4. The van der Waals surface area contributed by atoms with Crippen LogP contribution in [-0.4, -0.2) is 75.8 Å². The number of carbonyl (C=O) groups excluding carboxylic acids is 2. The van der Waals surface area contributed by atoms with E-state index in [9.17, 15) is 23.9 Å². The molecule has 9 nitrogen and oxygen atoms in total. The summed E-state index contributed by atoms with van der Waals surface area (Å²) in [6.07, 6.45) is 1.33. The number of benzene rings is 1. The van der Waals surface area contributed by atoms with Gasteiger partial charge in [-0.25, -0.2) is 9.37 Å². The van der Waals surface area contributed by atoms with E-state index in [1.807, 2.05) is 0 Å². The maximum atomic E-state index is 13.1. The Kier molecular flexibility index (Phi) is 6.69. The average Bonchev–Trinajstić information content (AvgIpc) is 3.20. The summed E-state index contributed by atoms with van der Waals surface area (Å²) in [4.78, 5) is 49.2. The smallest absolute Gasteiger partial charge is 0.294 e. The van der Waals surface area contributed by atoms with Crippen molar-refractivity contribution in [2.45, 2.75) is 25.4 Å². The zero-order valence-corrected chi connectivity index (χ0v) is 17.8. The summed E-state index contributed by atoms with van der Waals surface area (Å²) in [5.41, 5.74) is -0.538. The van der Waals surface area contributed by atoms with Gasteiger partial charge in [0.15, 0.2) is 5.69 Å². The molecule has 1 saturated heterocycles. The number of likely N-dealkylation sites (tertiary alicyclic amines) is 1. The highest BCUT2D eigenvalue weighted by Gasteiger charge is 2.33. The van der Waals surface area contributed by atoms with Gasteiger partial charge in [0.2, 0.25) is 11.7 Å². The molecule has 1 aromatic heterocycles. The Hall–Kier alpha value is -3.27. The van der Waals surface area contributed by atoms with Crippen molar-refractivity contribution in [2.24, 2.45) is 0 Å². The molecule has 0 aliphatic carbocycles. The second kappa shape index (κ2) is 9.25. The third-order valence-corrected chi connectivity index (χ3v) is 5.14. The van der Waals surface area contributed by atoms with Crippen LogP contribution in [0.4, 0.5) is 4.39 Å². The van der Waals surface area contributed by atoms with Crippen LogP contribution in [0.1, 0.15) is 40.8 Å². The van der Waals surface area contributed by atoms with Crippen molar-refractivity contribution in [1.29, 1.82) is 0 Å². The van der Waals surface area contributed by atoms with Crippen molar-refractivity contribution >= 4 is 11.8 Å². The van der Waals surface area contributed by atoms with E-state index in [0.29, 0.717) is 18.5 Å².